The molecule has 2 N–H and O–H groups in total. The van der Waals surface area contributed by atoms with Gasteiger partial charge in [0.2, 0.25) is 0 Å². The number of aliphatic hydroxyl groups excluding tert-OH is 1. The van der Waals surface area contributed by atoms with Crippen molar-refractivity contribution in [3.05, 3.63) is 0 Å². The molecule has 3 atom stereocenters. The van der Waals surface area contributed by atoms with E-state index in [4.69, 9.17) is 0 Å². The molecule has 14 heavy (non-hydrogen) atoms. The minimum Gasteiger partial charge on any atom is -0.392 e. The van der Waals surface area contributed by atoms with Crippen LogP contribution in [0.5, 0.6) is 0 Å². The summed E-state index contributed by atoms with van der Waals surface area (Å²) in [5, 5.41) is 12.8. The number of rotatable bonds is 3. The molecule has 82 valence electrons. The second-order valence-electron chi connectivity index (χ2n) is 4.75. The molecule has 0 aromatic heterocycles. The van der Waals surface area contributed by atoms with Crippen molar-refractivity contribution >= 4 is 0 Å². The van der Waals surface area contributed by atoms with Crippen LogP contribution in [-0.4, -0.2) is 48.8 Å². The van der Waals surface area contributed by atoms with Gasteiger partial charge < -0.3 is 10.4 Å². The van der Waals surface area contributed by atoms with Gasteiger partial charge in [0.05, 0.1) is 6.10 Å². The highest BCUT2D eigenvalue weighted by Gasteiger charge is 2.34. The van der Waals surface area contributed by atoms with E-state index in [0.29, 0.717) is 0 Å². The summed E-state index contributed by atoms with van der Waals surface area (Å²) < 4.78 is 0. The van der Waals surface area contributed by atoms with Gasteiger partial charge in [-0.15, -0.1) is 0 Å². The van der Waals surface area contributed by atoms with E-state index >= 15 is 0 Å². The molecule has 0 aromatic rings. The average Bonchev–Trinajstić information content (AvgIpc) is 2.74. The number of nitrogens with one attached hydrogen (secondary N) is 1. The Balaban J connectivity index is 1.89. The van der Waals surface area contributed by atoms with Gasteiger partial charge in [0.1, 0.15) is 0 Å². The van der Waals surface area contributed by atoms with Crippen molar-refractivity contribution < 1.29 is 5.11 Å². The van der Waals surface area contributed by atoms with Crippen molar-refractivity contribution in [2.45, 2.75) is 37.8 Å². The predicted octanol–water partition coefficient (Wildman–Crippen LogP) is 0.441. The van der Waals surface area contributed by atoms with E-state index in [1.165, 1.54) is 19.3 Å². The number of aliphatic hydroxyl groups is 1. The second kappa shape index (κ2) is 4.60. The summed E-state index contributed by atoms with van der Waals surface area (Å²) in [6.45, 7) is 3.15. The van der Waals surface area contributed by atoms with Gasteiger partial charge >= 0.3 is 0 Å². The number of likely N-dealkylation sites (tertiary alicyclic amines) is 1. The predicted molar refractivity (Wildman–Crippen MR) is 57.3 cm³/mol. The highest BCUT2D eigenvalue weighted by Crippen LogP contribution is 2.31. The largest absolute Gasteiger partial charge is 0.392 e. The Kier molecular flexibility index (Phi) is 3.42. The summed E-state index contributed by atoms with van der Waals surface area (Å²) in [5.74, 6) is 0.810. The molecule has 1 saturated carbocycles. The Bertz CT molecular complexity index is 186. The maximum atomic E-state index is 9.52. The molecule has 1 aliphatic heterocycles. The third-order valence-electron chi connectivity index (χ3n) is 3.75. The highest BCUT2D eigenvalue weighted by atomic mass is 16.3. The van der Waals surface area contributed by atoms with Gasteiger partial charge in [-0.25, -0.2) is 0 Å². The van der Waals surface area contributed by atoms with Crippen LogP contribution in [0.15, 0.2) is 0 Å². The standard InChI is InChI=1S/C11H22N2O/c1-12-7-9-3-2-4-11(9)13-6-5-10(14)8-13/h9-12,14H,2-8H2,1H3. The van der Waals surface area contributed by atoms with Crippen molar-refractivity contribution in [2.24, 2.45) is 5.92 Å². The minimum absolute atomic E-state index is 0.0640. The third-order valence-corrected chi connectivity index (χ3v) is 3.75. The van der Waals surface area contributed by atoms with Crippen LogP contribution in [0.1, 0.15) is 25.7 Å². The Morgan fingerprint density at radius 3 is 2.86 bits per heavy atom. The lowest BCUT2D eigenvalue weighted by molar-refractivity contribution is 0.143. The fraction of sp³-hybridized carbons (Fsp3) is 1.00. The molecule has 0 radical (unpaired) electrons. The van der Waals surface area contributed by atoms with Crippen LogP contribution in [-0.2, 0) is 0 Å². The van der Waals surface area contributed by atoms with Crippen LogP contribution in [0, 0.1) is 5.92 Å². The van der Waals surface area contributed by atoms with Crippen LogP contribution >= 0.6 is 0 Å². The van der Waals surface area contributed by atoms with E-state index in [0.717, 1.165) is 38.0 Å². The van der Waals surface area contributed by atoms with Crippen LogP contribution in [0.2, 0.25) is 0 Å². The summed E-state index contributed by atoms with van der Waals surface area (Å²) in [4.78, 5) is 2.50. The summed E-state index contributed by atoms with van der Waals surface area (Å²) in [6.07, 6.45) is 4.97. The zero-order valence-electron chi connectivity index (χ0n) is 9.08. The Labute approximate surface area is 86.5 Å². The van der Waals surface area contributed by atoms with Crippen molar-refractivity contribution in [2.75, 3.05) is 26.7 Å². The van der Waals surface area contributed by atoms with Crippen molar-refractivity contribution in [3.63, 3.8) is 0 Å². The van der Waals surface area contributed by atoms with Crippen LogP contribution in [0.4, 0.5) is 0 Å². The molecule has 3 unspecified atom stereocenters. The first-order chi connectivity index (χ1) is 6.81. The molecule has 1 saturated heterocycles. The maximum Gasteiger partial charge on any atom is 0.0679 e. The van der Waals surface area contributed by atoms with E-state index in [1.54, 1.807) is 0 Å². The highest BCUT2D eigenvalue weighted by molar-refractivity contribution is 4.90. The molecule has 0 amide bonds. The second-order valence-corrected chi connectivity index (χ2v) is 4.75. The number of hydrogen-bond donors (Lipinski definition) is 2. The topological polar surface area (TPSA) is 35.5 Å². The summed E-state index contributed by atoms with van der Waals surface area (Å²) in [7, 11) is 2.04. The smallest absolute Gasteiger partial charge is 0.0679 e. The Morgan fingerprint density at radius 2 is 2.21 bits per heavy atom. The molecule has 0 aromatic carbocycles. The zero-order chi connectivity index (χ0) is 9.97. The molecule has 3 nitrogen and oxygen atoms in total. The van der Waals surface area contributed by atoms with Gasteiger partial charge in [0.25, 0.3) is 0 Å². The van der Waals surface area contributed by atoms with E-state index in [-0.39, 0.29) is 6.10 Å². The van der Waals surface area contributed by atoms with Crippen molar-refractivity contribution in [1.82, 2.24) is 10.2 Å². The summed E-state index contributed by atoms with van der Waals surface area (Å²) >= 11 is 0. The molecule has 2 fully saturated rings. The van der Waals surface area contributed by atoms with Gasteiger partial charge in [0, 0.05) is 19.1 Å². The van der Waals surface area contributed by atoms with Crippen molar-refractivity contribution in [3.8, 4) is 0 Å². The molecule has 1 heterocycles. The first-order valence-electron chi connectivity index (χ1n) is 5.88. The van der Waals surface area contributed by atoms with Gasteiger partial charge in [-0.05, 0) is 38.8 Å². The molecule has 0 bridgehead atoms. The molecular weight excluding hydrogens is 176 g/mol. The van der Waals surface area contributed by atoms with E-state index in [2.05, 4.69) is 10.2 Å². The van der Waals surface area contributed by atoms with Crippen molar-refractivity contribution in [1.29, 1.82) is 0 Å². The first kappa shape index (κ1) is 10.4. The Hall–Kier alpha value is -0.120. The minimum atomic E-state index is -0.0640. The van der Waals surface area contributed by atoms with Crippen LogP contribution < -0.4 is 5.32 Å². The SMILES string of the molecule is CNCC1CCCC1N1CCC(O)C1. The number of nitrogens with zero attached hydrogens (tertiary/aromatic N) is 1. The number of β-amino-alcohol motifs (C(OH)–C–C–N with tert-alkyl or cyclic N) is 1. The quantitative estimate of drug-likeness (QED) is 0.691. The van der Waals surface area contributed by atoms with Gasteiger partial charge in [-0.1, -0.05) is 6.42 Å². The average molecular weight is 198 g/mol. The van der Waals surface area contributed by atoms with Crippen LogP contribution in [0.25, 0.3) is 0 Å². The first-order valence-corrected chi connectivity index (χ1v) is 5.88. The molecule has 2 rings (SSSR count). The molecule has 3 heteroatoms. The summed E-state index contributed by atoms with van der Waals surface area (Å²) in [5.41, 5.74) is 0. The fourth-order valence-electron chi connectivity index (χ4n) is 3.07. The number of hydrogen-bond acceptors (Lipinski definition) is 3. The van der Waals surface area contributed by atoms with Gasteiger partial charge in [0.15, 0.2) is 0 Å². The lowest BCUT2D eigenvalue weighted by Gasteiger charge is -2.29. The molecule has 2 aliphatic rings. The van der Waals surface area contributed by atoms with Gasteiger partial charge in [-0.2, -0.15) is 0 Å². The maximum absolute atomic E-state index is 9.52. The molecule has 1 aliphatic carbocycles. The third kappa shape index (κ3) is 2.10. The summed E-state index contributed by atoms with van der Waals surface area (Å²) in [6, 6.07) is 0.736. The normalized spacial score (nSPS) is 39.4. The van der Waals surface area contributed by atoms with Crippen LogP contribution in [0.3, 0.4) is 0 Å². The van der Waals surface area contributed by atoms with Gasteiger partial charge in [-0.3, -0.25) is 4.90 Å². The monoisotopic (exact) mass is 198 g/mol. The lowest BCUT2D eigenvalue weighted by atomic mass is 10.0. The van der Waals surface area contributed by atoms with E-state index in [9.17, 15) is 5.11 Å². The fourth-order valence-corrected chi connectivity index (χ4v) is 3.07. The van der Waals surface area contributed by atoms with E-state index in [1.807, 2.05) is 7.05 Å². The van der Waals surface area contributed by atoms with E-state index < -0.39 is 0 Å². The Morgan fingerprint density at radius 1 is 1.36 bits per heavy atom. The molecular formula is C11H22N2O. The lowest BCUT2D eigenvalue weighted by Crippen LogP contribution is -2.39. The molecule has 0 spiro atoms. The zero-order valence-corrected chi connectivity index (χ0v) is 9.08.